The Morgan fingerprint density at radius 3 is 2.12 bits per heavy atom. The van der Waals surface area contributed by atoms with Crippen molar-refractivity contribution in [3.05, 3.63) is 29.6 Å². The molecule has 0 unspecified atom stereocenters. The standard InChI is InChI=1S/C10H10F4O2S/c1-6(2)17(15,16)7-3-4-9(11)8(5-7)10(12,13)14/h3-6H,1-2H3. The molecule has 0 aliphatic rings. The summed E-state index contributed by atoms with van der Waals surface area (Å²) in [5.74, 6) is -1.49. The molecular formula is C10H10F4O2S. The van der Waals surface area contributed by atoms with Crippen molar-refractivity contribution in [1.82, 2.24) is 0 Å². The summed E-state index contributed by atoms with van der Waals surface area (Å²) in [4.78, 5) is -0.527. The van der Waals surface area contributed by atoms with E-state index in [4.69, 9.17) is 0 Å². The Morgan fingerprint density at radius 2 is 1.71 bits per heavy atom. The van der Waals surface area contributed by atoms with Crippen LogP contribution in [0.5, 0.6) is 0 Å². The highest BCUT2D eigenvalue weighted by atomic mass is 32.2. The van der Waals surface area contributed by atoms with Crippen molar-refractivity contribution in [2.45, 2.75) is 30.2 Å². The molecule has 96 valence electrons. The zero-order chi connectivity index (χ0) is 13.4. The van der Waals surface area contributed by atoms with Gasteiger partial charge in [0.2, 0.25) is 0 Å². The van der Waals surface area contributed by atoms with Crippen LogP contribution >= 0.6 is 0 Å². The van der Waals surface area contributed by atoms with Gasteiger partial charge in [-0.3, -0.25) is 0 Å². The van der Waals surface area contributed by atoms with Gasteiger partial charge in [0.15, 0.2) is 9.84 Å². The Labute approximate surface area is 96.2 Å². The third-order valence-corrected chi connectivity index (χ3v) is 4.34. The number of hydrogen-bond donors (Lipinski definition) is 0. The van der Waals surface area contributed by atoms with Gasteiger partial charge in [0.25, 0.3) is 0 Å². The zero-order valence-electron chi connectivity index (χ0n) is 9.05. The fourth-order valence-corrected chi connectivity index (χ4v) is 2.25. The van der Waals surface area contributed by atoms with Crippen LogP contribution in [0.2, 0.25) is 0 Å². The average Bonchev–Trinajstić information content (AvgIpc) is 2.15. The first kappa shape index (κ1) is 14.0. The van der Waals surface area contributed by atoms with Gasteiger partial charge in [0.1, 0.15) is 5.82 Å². The van der Waals surface area contributed by atoms with Gasteiger partial charge in [-0.25, -0.2) is 12.8 Å². The topological polar surface area (TPSA) is 34.1 Å². The first-order valence-electron chi connectivity index (χ1n) is 4.67. The van der Waals surface area contributed by atoms with Gasteiger partial charge in [-0.2, -0.15) is 13.2 Å². The van der Waals surface area contributed by atoms with Crippen molar-refractivity contribution in [2.24, 2.45) is 0 Å². The molecule has 0 saturated carbocycles. The van der Waals surface area contributed by atoms with Gasteiger partial charge in [0.05, 0.1) is 15.7 Å². The number of alkyl halides is 3. The van der Waals surface area contributed by atoms with Crippen molar-refractivity contribution in [3.63, 3.8) is 0 Å². The molecule has 7 heteroatoms. The van der Waals surface area contributed by atoms with E-state index in [0.717, 1.165) is 6.07 Å². The number of sulfone groups is 1. The Hall–Kier alpha value is -1.11. The molecule has 1 rings (SSSR count). The minimum atomic E-state index is -4.91. The van der Waals surface area contributed by atoms with E-state index in [2.05, 4.69) is 0 Å². The maximum Gasteiger partial charge on any atom is 0.419 e. The highest BCUT2D eigenvalue weighted by Gasteiger charge is 2.35. The van der Waals surface area contributed by atoms with E-state index in [9.17, 15) is 26.0 Å². The van der Waals surface area contributed by atoms with Crippen LogP contribution in [0.3, 0.4) is 0 Å². The molecule has 0 aromatic heterocycles. The van der Waals surface area contributed by atoms with Crippen LogP contribution < -0.4 is 0 Å². The molecule has 0 radical (unpaired) electrons. The molecule has 0 bridgehead atoms. The first-order chi connectivity index (χ1) is 7.56. The van der Waals surface area contributed by atoms with Gasteiger partial charge in [-0.15, -0.1) is 0 Å². The van der Waals surface area contributed by atoms with Gasteiger partial charge in [-0.1, -0.05) is 0 Å². The second kappa shape index (κ2) is 4.29. The molecular weight excluding hydrogens is 260 g/mol. The summed E-state index contributed by atoms with van der Waals surface area (Å²) in [5.41, 5.74) is -1.57. The molecule has 0 atom stereocenters. The number of halogens is 4. The highest BCUT2D eigenvalue weighted by molar-refractivity contribution is 7.92. The SMILES string of the molecule is CC(C)S(=O)(=O)c1ccc(F)c(C(F)(F)F)c1. The zero-order valence-corrected chi connectivity index (χ0v) is 9.86. The predicted octanol–water partition coefficient (Wildman–Crippen LogP) is 3.03. The lowest BCUT2D eigenvalue weighted by Crippen LogP contribution is -2.16. The van der Waals surface area contributed by atoms with E-state index in [0.29, 0.717) is 12.1 Å². The number of hydrogen-bond acceptors (Lipinski definition) is 2. The van der Waals surface area contributed by atoms with Crippen LogP contribution in [0.25, 0.3) is 0 Å². The van der Waals surface area contributed by atoms with E-state index in [1.54, 1.807) is 0 Å². The van der Waals surface area contributed by atoms with Crippen LogP contribution in [-0.4, -0.2) is 13.7 Å². The molecule has 0 amide bonds. The Bertz CT molecular complexity index is 518. The largest absolute Gasteiger partial charge is 0.419 e. The minimum Gasteiger partial charge on any atom is -0.223 e. The monoisotopic (exact) mass is 270 g/mol. The number of rotatable bonds is 2. The molecule has 0 N–H and O–H groups in total. The quantitative estimate of drug-likeness (QED) is 0.611. The van der Waals surface area contributed by atoms with Crippen molar-refractivity contribution in [2.75, 3.05) is 0 Å². The summed E-state index contributed by atoms with van der Waals surface area (Å²) in [6.45, 7) is 2.68. The van der Waals surface area contributed by atoms with E-state index in [1.807, 2.05) is 0 Å². The number of benzene rings is 1. The lowest BCUT2D eigenvalue weighted by atomic mass is 10.2. The van der Waals surface area contributed by atoms with E-state index in [-0.39, 0.29) is 0 Å². The van der Waals surface area contributed by atoms with Gasteiger partial charge in [0, 0.05) is 0 Å². The van der Waals surface area contributed by atoms with Gasteiger partial charge in [-0.05, 0) is 32.0 Å². The summed E-state index contributed by atoms with van der Waals surface area (Å²) in [6, 6.07) is 1.67. The minimum absolute atomic E-state index is 0.324. The van der Waals surface area contributed by atoms with Gasteiger partial charge >= 0.3 is 6.18 Å². The molecule has 2 nitrogen and oxygen atoms in total. The molecule has 0 fully saturated rings. The summed E-state index contributed by atoms with van der Waals surface area (Å²) < 4.78 is 73.4. The fourth-order valence-electron chi connectivity index (χ4n) is 1.17. The predicted molar refractivity (Wildman–Crippen MR) is 53.7 cm³/mol. The lowest BCUT2D eigenvalue weighted by Gasteiger charge is -2.12. The summed E-state index contributed by atoms with van der Waals surface area (Å²) in [5, 5.41) is -0.867. The highest BCUT2D eigenvalue weighted by Crippen LogP contribution is 2.33. The van der Waals surface area contributed by atoms with Crippen LogP contribution in [0, 0.1) is 5.82 Å². The molecule has 1 aromatic carbocycles. The van der Waals surface area contributed by atoms with Crippen LogP contribution in [0.1, 0.15) is 19.4 Å². The van der Waals surface area contributed by atoms with E-state index < -0.39 is 37.5 Å². The summed E-state index contributed by atoms with van der Waals surface area (Å²) in [6.07, 6.45) is -4.91. The molecule has 17 heavy (non-hydrogen) atoms. The third-order valence-electron chi connectivity index (χ3n) is 2.19. The molecule has 0 saturated heterocycles. The maximum atomic E-state index is 12.9. The van der Waals surface area contributed by atoms with Crippen molar-refractivity contribution in [1.29, 1.82) is 0 Å². The summed E-state index contributed by atoms with van der Waals surface area (Å²) >= 11 is 0. The smallest absolute Gasteiger partial charge is 0.223 e. The van der Waals surface area contributed by atoms with Crippen molar-refractivity contribution < 1.29 is 26.0 Å². The average molecular weight is 270 g/mol. The second-order valence-corrected chi connectivity index (χ2v) is 6.24. The van der Waals surface area contributed by atoms with Gasteiger partial charge < -0.3 is 0 Å². The summed E-state index contributed by atoms with van der Waals surface area (Å²) in [7, 11) is -3.84. The first-order valence-corrected chi connectivity index (χ1v) is 6.22. The molecule has 0 heterocycles. The Morgan fingerprint density at radius 1 is 1.18 bits per heavy atom. The molecule has 0 aliphatic heterocycles. The van der Waals surface area contributed by atoms with Crippen molar-refractivity contribution in [3.8, 4) is 0 Å². The fraction of sp³-hybridized carbons (Fsp3) is 0.400. The van der Waals surface area contributed by atoms with Crippen molar-refractivity contribution >= 4 is 9.84 Å². The normalized spacial score (nSPS) is 13.1. The lowest BCUT2D eigenvalue weighted by molar-refractivity contribution is -0.140. The van der Waals surface area contributed by atoms with E-state index in [1.165, 1.54) is 13.8 Å². The van der Waals surface area contributed by atoms with Crippen LogP contribution in [0.4, 0.5) is 17.6 Å². The van der Waals surface area contributed by atoms with Crippen LogP contribution in [0.15, 0.2) is 23.1 Å². The Balaban J connectivity index is 3.43. The molecule has 0 spiro atoms. The second-order valence-electron chi connectivity index (χ2n) is 3.73. The molecule has 1 aromatic rings. The third kappa shape index (κ3) is 2.77. The van der Waals surface area contributed by atoms with Crippen LogP contribution in [-0.2, 0) is 16.0 Å². The molecule has 0 aliphatic carbocycles. The van der Waals surface area contributed by atoms with E-state index >= 15 is 0 Å². The maximum absolute atomic E-state index is 12.9. The Kier molecular flexibility index (Phi) is 3.52.